The number of ether oxygens (including phenoxy) is 2. The van der Waals surface area contributed by atoms with Crippen molar-refractivity contribution in [1.82, 2.24) is 0 Å². The van der Waals surface area contributed by atoms with Crippen LogP contribution in [-0.4, -0.2) is 18.5 Å². The third kappa shape index (κ3) is 6.81. The summed E-state index contributed by atoms with van der Waals surface area (Å²) in [5.41, 5.74) is -1.20. The summed E-state index contributed by atoms with van der Waals surface area (Å²) in [6, 6.07) is 8.95. The Balaban J connectivity index is 3.03. The first-order valence-electron chi connectivity index (χ1n) is 10.0. The molecule has 0 aromatic heterocycles. The van der Waals surface area contributed by atoms with Crippen molar-refractivity contribution in [3.05, 3.63) is 30.3 Å². The fourth-order valence-corrected chi connectivity index (χ4v) is 2.91. The lowest BCUT2D eigenvalue weighted by atomic mass is 9.78. The molecule has 0 saturated heterocycles. The minimum Gasteiger partial charge on any atom is -0.465 e. The average molecular weight is 363 g/mol. The van der Waals surface area contributed by atoms with Crippen molar-refractivity contribution < 1.29 is 19.1 Å². The molecule has 0 fully saturated rings. The maximum absolute atomic E-state index is 13.1. The van der Waals surface area contributed by atoms with Gasteiger partial charge in [-0.2, -0.15) is 0 Å². The van der Waals surface area contributed by atoms with Gasteiger partial charge in [0.1, 0.15) is 5.75 Å². The predicted molar refractivity (Wildman–Crippen MR) is 104 cm³/mol. The first-order chi connectivity index (χ1) is 12.6. The van der Waals surface area contributed by atoms with Crippen LogP contribution in [0.3, 0.4) is 0 Å². The van der Waals surface area contributed by atoms with Crippen LogP contribution in [-0.2, 0) is 14.3 Å². The van der Waals surface area contributed by atoms with Crippen molar-refractivity contribution in [3.8, 4) is 5.75 Å². The van der Waals surface area contributed by atoms with Crippen molar-refractivity contribution in [3.63, 3.8) is 0 Å². The molecule has 0 amide bonds. The molecule has 0 N–H and O–H groups in total. The molecule has 0 aliphatic carbocycles. The summed E-state index contributed by atoms with van der Waals surface area (Å²) in [5, 5.41) is 0. The third-order valence-electron chi connectivity index (χ3n) is 4.63. The minimum absolute atomic E-state index is 0.357. The average Bonchev–Trinajstić information content (AvgIpc) is 2.65. The van der Waals surface area contributed by atoms with Crippen molar-refractivity contribution >= 4 is 11.9 Å². The van der Waals surface area contributed by atoms with Crippen molar-refractivity contribution in [2.24, 2.45) is 5.41 Å². The summed E-state index contributed by atoms with van der Waals surface area (Å²) < 4.78 is 11.1. The Morgan fingerprint density at radius 3 is 2.04 bits per heavy atom. The maximum atomic E-state index is 13.1. The molecule has 1 unspecified atom stereocenters. The number of carbonyl (C=O) groups is 2. The van der Waals surface area contributed by atoms with E-state index < -0.39 is 17.4 Å². The van der Waals surface area contributed by atoms with Crippen LogP contribution in [0.15, 0.2) is 30.3 Å². The lowest BCUT2D eigenvalue weighted by Crippen LogP contribution is -2.43. The van der Waals surface area contributed by atoms with Gasteiger partial charge in [-0.05, 0) is 31.4 Å². The van der Waals surface area contributed by atoms with Gasteiger partial charge in [0.15, 0.2) is 5.41 Å². The van der Waals surface area contributed by atoms with Crippen LogP contribution in [0.25, 0.3) is 0 Å². The fraction of sp³-hybridized carbons (Fsp3) is 0.636. The zero-order valence-corrected chi connectivity index (χ0v) is 16.6. The van der Waals surface area contributed by atoms with E-state index in [1.165, 1.54) is 0 Å². The van der Waals surface area contributed by atoms with Gasteiger partial charge in [-0.3, -0.25) is 9.59 Å². The Hall–Kier alpha value is -1.84. The van der Waals surface area contributed by atoms with E-state index in [1.54, 1.807) is 12.1 Å². The van der Waals surface area contributed by atoms with E-state index in [4.69, 9.17) is 9.47 Å². The van der Waals surface area contributed by atoms with Gasteiger partial charge in [0.2, 0.25) is 0 Å². The monoisotopic (exact) mass is 362 g/mol. The molecule has 0 aliphatic heterocycles. The van der Waals surface area contributed by atoms with E-state index in [-0.39, 0.29) is 0 Å². The minimum atomic E-state index is -1.20. The molecule has 0 bridgehead atoms. The number of para-hydroxylation sites is 1. The van der Waals surface area contributed by atoms with Gasteiger partial charge in [-0.15, -0.1) is 0 Å². The Labute approximate surface area is 158 Å². The molecule has 146 valence electrons. The lowest BCUT2D eigenvalue weighted by Gasteiger charge is -2.29. The summed E-state index contributed by atoms with van der Waals surface area (Å²) in [7, 11) is 0. The highest BCUT2D eigenvalue weighted by atomic mass is 16.6. The van der Waals surface area contributed by atoms with Gasteiger partial charge in [-0.1, -0.05) is 77.5 Å². The molecule has 0 saturated carbocycles. The fourth-order valence-electron chi connectivity index (χ4n) is 2.91. The largest absolute Gasteiger partial charge is 0.465 e. The van der Waals surface area contributed by atoms with E-state index in [1.807, 2.05) is 25.1 Å². The van der Waals surface area contributed by atoms with E-state index in [9.17, 15) is 9.59 Å². The van der Waals surface area contributed by atoms with Crippen LogP contribution in [0.1, 0.15) is 78.6 Å². The van der Waals surface area contributed by atoms with Crippen molar-refractivity contribution in [2.45, 2.75) is 78.6 Å². The number of carbonyl (C=O) groups excluding carboxylic acids is 2. The highest BCUT2D eigenvalue weighted by Crippen LogP contribution is 2.35. The normalized spacial score (nSPS) is 13.0. The van der Waals surface area contributed by atoms with E-state index in [0.29, 0.717) is 25.2 Å². The van der Waals surface area contributed by atoms with Crippen LogP contribution >= 0.6 is 0 Å². The van der Waals surface area contributed by atoms with Gasteiger partial charge in [0.05, 0.1) is 6.61 Å². The number of esters is 2. The van der Waals surface area contributed by atoms with Crippen LogP contribution in [0.5, 0.6) is 5.75 Å². The molecule has 1 atom stereocenters. The van der Waals surface area contributed by atoms with Gasteiger partial charge in [0.25, 0.3) is 0 Å². The molecule has 1 rings (SSSR count). The van der Waals surface area contributed by atoms with Crippen LogP contribution in [0.2, 0.25) is 0 Å². The number of hydrogen-bond donors (Lipinski definition) is 0. The second kappa shape index (κ2) is 12.5. The van der Waals surface area contributed by atoms with E-state index in [2.05, 4.69) is 13.8 Å². The summed E-state index contributed by atoms with van der Waals surface area (Å²) in [4.78, 5) is 26.0. The van der Waals surface area contributed by atoms with Crippen LogP contribution < -0.4 is 4.74 Å². The quantitative estimate of drug-likeness (QED) is 0.196. The molecule has 1 aromatic rings. The zero-order chi connectivity index (χ0) is 19.3. The Kier molecular flexibility index (Phi) is 10.7. The lowest BCUT2D eigenvalue weighted by molar-refractivity contribution is -0.169. The summed E-state index contributed by atoms with van der Waals surface area (Å²) in [6.07, 6.45) is 7.23. The van der Waals surface area contributed by atoms with Crippen molar-refractivity contribution in [1.29, 1.82) is 0 Å². The SMILES string of the molecule is CCCCCC(CCCC)(C(=O)OCCCC)C(=O)Oc1ccccc1. The topological polar surface area (TPSA) is 52.6 Å². The molecule has 4 heteroatoms. The number of rotatable bonds is 13. The molecule has 0 radical (unpaired) electrons. The molecular weight excluding hydrogens is 328 g/mol. The second-order valence-electron chi connectivity index (χ2n) is 6.83. The highest BCUT2D eigenvalue weighted by molar-refractivity contribution is 6.00. The van der Waals surface area contributed by atoms with Gasteiger partial charge in [0, 0.05) is 0 Å². The summed E-state index contributed by atoms with van der Waals surface area (Å²) in [6.45, 7) is 6.57. The van der Waals surface area contributed by atoms with Gasteiger partial charge in [-0.25, -0.2) is 0 Å². The molecular formula is C22H34O4. The molecule has 0 aliphatic rings. The van der Waals surface area contributed by atoms with Crippen LogP contribution in [0.4, 0.5) is 0 Å². The number of benzene rings is 1. The van der Waals surface area contributed by atoms with E-state index >= 15 is 0 Å². The third-order valence-corrected chi connectivity index (χ3v) is 4.63. The standard InChI is InChI=1S/C22H34O4/c1-4-7-13-17-22(16-8-5-2,20(23)25-18-9-6-3)21(24)26-19-14-11-10-12-15-19/h10-12,14-15H,4-9,13,16-18H2,1-3H3. The molecule has 0 spiro atoms. The van der Waals surface area contributed by atoms with E-state index in [0.717, 1.165) is 44.9 Å². The highest BCUT2D eigenvalue weighted by Gasteiger charge is 2.48. The summed E-state index contributed by atoms with van der Waals surface area (Å²) in [5.74, 6) is -0.429. The predicted octanol–water partition coefficient (Wildman–Crippen LogP) is 5.69. The number of unbranched alkanes of at least 4 members (excludes halogenated alkanes) is 4. The molecule has 1 aromatic carbocycles. The van der Waals surface area contributed by atoms with Gasteiger partial charge < -0.3 is 9.47 Å². The van der Waals surface area contributed by atoms with Gasteiger partial charge >= 0.3 is 11.9 Å². The number of hydrogen-bond acceptors (Lipinski definition) is 4. The molecule has 4 nitrogen and oxygen atoms in total. The van der Waals surface area contributed by atoms with Crippen LogP contribution in [0, 0.1) is 5.41 Å². The first kappa shape index (κ1) is 22.2. The zero-order valence-electron chi connectivity index (χ0n) is 16.6. The maximum Gasteiger partial charge on any atom is 0.328 e. The first-order valence-corrected chi connectivity index (χ1v) is 10.0. The smallest absolute Gasteiger partial charge is 0.328 e. The molecule has 26 heavy (non-hydrogen) atoms. The Morgan fingerprint density at radius 2 is 1.42 bits per heavy atom. The molecule has 0 heterocycles. The second-order valence-corrected chi connectivity index (χ2v) is 6.83. The van der Waals surface area contributed by atoms with Crippen molar-refractivity contribution in [2.75, 3.05) is 6.61 Å². The Bertz CT molecular complexity index is 526. The summed E-state index contributed by atoms with van der Waals surface area (Å²) >= 11 is 0. The Morgan fingerprint density at radius 1 is 0.808 bits per heavy atom.